The third-order valence-electron chi connectivity index (χ3n) is 11.6. The van der Waals surface area contributed by atoms with Crippen LogP contribution in [0.3, 0.4) is 0 Å². The van der Waals surface area contributed by atoms with E-state index >= 15 is 0 Å². The smallest absolute Gasteiger partial charge is 0.306 e. The summed E-state index contributed by atoms with van der Waals surface area (Å²) in [4.78, 5) is 25.4. The van der Waals surface area contributed by atoms with Crippen molar-refractivity contribution in [3.63, 3.8) is 0 Å². The molecular weight excluding hydrogens is 821 g/mol. The van der Waals surface area contributed by atoms with Crippen molar-refractivity contribution >= 4 is 11.9 Å². The van der Waals surface area contributed by atoms with Crippen LogP contribution < -0.4 is 0 Å². The molecule has 1 aliphatic heterocycles. The summed E-state index contributed by atoms with van der Waals surface area (Å²) in [6.45, 7) is 3.24. The monoisotopic (exact) mass is 915 g/mol. The van der Waals surface area contributed by atoms with Crippen molar-refractivity contribution in [2.75, 3.05) is 19.8 Å². The summed E-state index contributed by atoms with van der Waals surface area (Å²) < 4.78 is 22.1. The lowest BCUT2D eigenvalue weighted by Crippen LogP contribution is -2.59. The Morgan fingerprint density at radius 2 is 0.908 bits per heavy atom. The maximum Gasteiger partial charge on any atom is 0.306 e. The standard InChI is InChI=1S/C55H94O10/c1-3-5-7-9-11-13-15-17-19-21-22-23-24-25-26-28-29-31-33-35-37-39-41-43-50(57)62-46-48(47-63-55-54(61)53(60)52(59)49(45-56)65-55)64-51(58)44-42-40-38-36-34-32-30-27-20-18-16-14-12-10-8-6-4-2/h6,8,12,14,18,20,30,32,35-38,48-49,52-56,59-61H,3-5,7,9-11,13,15-17,19,21-29,31,33-34,39-47H2,1-2H3/b8-6+,14-12+,20-18+,32-30+,37-35+,38-36+/t48-,49-,52+,53?,54?,55-/m0/s1. The highest BCUT2D eigenvalue weighted by Crippen LogP contribution is 2.23. The maximum absolute atomic E-state index is 12.8. The van der Waals surface area contributed by atoms with E-state index in [-0.39, 0.29) is 26.1 Å². The Balaban J connectivity index is 2.29. The van der Waals surface area contributed by atoms with Crippen molar-refractivity contribution in [3.05, 3.63) is 72.9 Å². The highest BCUT2D eigenvalue weighted by atomic mass is 16.7. The van der Waals surface area contributed by atoms with Crippen LogP contribution in [0.15, 0.2) is 72.9 Å². The molecule has 2 unspecified atom stereocenters. The first-order valence-corrected chi connectivity index (χ1v) is 26.0. The molecule has 0 saturated carbocycles. The summed E-state index contributed by atoms with van der Waals surface area (Å²) in [5, 5.41) is 40.2. The van der Waals surface area contributed by atoms with E-state index < -0.39 is 55.4 Å². The summed E-state index contributed by atoms with van der Waals surface area (Å²) in [6, 6.07) is 0. The molecule has 1 aliphatic rings. The fourth-order valence-corrected chi connectivity index (χ4v) is 7.52. The van der Waals surface area contributed by atoms with Crippen LogP contribution in [0.2, 0.25) is 0 Å². The zero-order valence-corrected chi connectivity index (χ0v) is 41.0. The first kappa shape index (κ1) is 60.2. The number of hydrogen-bond acceptors (Lipinski definition) is 10. The summed E-state index contributed by atoms with van der Waals surface area (Å²) in [5.74, 6) is -0.912. The van der Waals surface area contributed by atoms with E-state index in [1.165, 1.54) is 116 Å². The van der Waals surface area contributed by atoms with Crippen LogP contribution in [0.25, 0.3) is 0 Å². The van der Waals surface area contributed by atoms with Crippen molar-refractivity contribution in [2.24, 2.45) is 0 Å². The molecule has 1 rings (SSSR count). The first-order chi connectivity index (χ1) is 31.8. The highest BCUT2D eigenvalue weighted by molar-refractivity contribution is 5.70. The number of hydrogen-bond donors (Lipinski definition) is 4. The van der Waals surface area contributed by atoms with Crippen LogP contribution in [-0.2, 0) is 28.5 Å². The molecule has 10 heteroatoms. The summed E-state index contributed by atoms with van der Waals surface area (Å²) in [5.41, 5.74) is 0. The van der Waals surface area contributed by atoms with E-state index in [1.54, 1.807) is 0 Å². The number of ether oxygens (including phenoxy) is 4. The molecule has 0 aromatic heterocycles. The molecule has 10 nitrogen and oxygen atoms in total. The first-order valence-electron chi connectivity index (χ1n) is 26.0. The van der Waals surface area contributed by atoms with Gasteiger partial charge in [-0.2, -0.15) is 0 Å². The number of aliphatic hydroxyl groups excluding tert-OH is 4. The van der Waals surface area contributed by atoms with E-state index in [9.17, 15) is 30.0 Å². The van der Waals surface area contributed by atoms with Gasteiger partial charge in [-0.25, -0.2) is 0 Å². The fraction of sp³-hybridized carbons (Fsp3) is 0.745. The molecular formula is C55H94O10. The molecule has 0 aromatic carbocycles. The van der Waals surface area contributed by atoms with Crippen molar-refractivity contribution in [1.82, 2.24) is 0 Å². The van der Waals surface area contributed by atoms with Gasteiger partial charge in [0, 0.05) is 12.8 Å². The Kier molecular flexibility index (Phi) is 41.6. The molecule has 1 saturated heterocycles. The molecule has 6 atom stereocenters. The minimum Gasteiger partial charge on any atom is -0.462 e. The molecule has 374 valence electrons. The number of carbonyl (C=O) groups excluding carboxylic acids is 2. The van der Waals surface area contributed by atoms with Crippen molar-refractivity contribution in [1.29, 1.82) is 0 Å². The van der Waals surface area contributed by atoms with Gasteiger partial charge in [-0.1, -0.05) is 196 Å². The zero-order valence-electron chi connectivity index (χ0n) is 41.0. The van der Waals surface area contributed by atoms with E-state index in [1.807, 2.05) is 6.08 Å². The lowest BCUT2D eigenvalue weighted by atomic mass is 9.99. The predicted molar refractivity (Wildman–Crippen MR) is 265 cm³/mol. The highest BCUT2D eigenvalue weighted by Gasteiger charge is 2.44. The number of allylic oxidation sites excluding steroid dienone is 12. The average Bonchev–Trinajstić information content (AvgIpc) is 3.30. The molecule has 0 bridgehead atoms. The van der Waals surface area contributed by atoms with Gasteiger partial charge in [0.25, 0.3) is 0 Å². The van der Waals surface area contributed by atoms with Gasteiger partial charge in [0.15, 0.2) is 12.4 Å². The van der Waals surface area contributed by atoms with E-state index in [2.05, 4.69) is 80.7 Å². The fourth-order valence-electron chi connectivity index (χ4n) is 7.52. The second-order valence-corrected chi connectivity index (χ2v) is 17.6. The van der Waals surface area contributed by atoms with Gasteiger partial charge in [-0.15, -0.1) is 0 Å². The van der Waals surface area contributed by atoms with Crippen molar-refractivity contribution in [2.45, 2.75) is 243 Å². The van der Waals surface area contributed by atoms with Crippen LogP contribution in [0, 0.1) is 0 Å². The van der Waals surface area contributed by atoms with Gasteiger partial charge in [-0.05, 0) is 70.6 Å². The average molecular weight is 915 g/mol. The van der Waals surface area contributed by atoms with E-state index in [4.69, 9.17) is 18.9 Å². The Morgan fingerprint density at radius 3 is 1.38 bits per heavy atom. The number of rotatable bonds is 43. The number of esters is 2. The zero-order chi connectivity index (χ0) is 47.3. The summed E-state index contributed by atoms with van der Waals surface area (Å²) in [7, 11) is 0. The molecule has 0 spiro atoms. The minimum absolute atomic E-state index is 0.143. The van der Waals surface area contributed by atoms with E-state index in [0.717, 1.165) is 44.9 Å². The maximum atomic E-state index is 12.8. The Labute approximate surface area is 395 Å². The third kappa shape index (κ3) is 35.9. The Bertz CT molecular complexity index is 1290. The van der Waals surface area contributed by atoms with Crippen LogP contribution in [0.4, 0.5) is 0 Å². The molecule has 0 amide bonds. The molecule has 0 radical (unpaired) electrons. The van der Waals surface area contributed by atoms with Crippen LogP contribution in [-0.4, -0.2) is 89.0 Å². The Hall–Kier alpha value is -2.86. The Morgan fingerprint density at radius 1 is 0.492 bits per heavy atom. The van der Waals surface area contributed by atoms with Crippen molar-refractivity contribution < 1.29 is 49.0 Å². The minimum atomic E-state index is -1.61. The number of unbranched alkanes of at least 4 members (excludes halogenated alkanes) is 20. The quantitative estimate of drug-likeness (QED) is 0.0264. The van der Waals surface area contributed by atoms with Crippen LogP contribution >= 0.6 is 0 Å². The van der Waals surface area contributed by atoms with Crippen LogP contribution in [0.1, 0.15) is 206 Å². The van der Waals surface area contributed by atoms with Gasteiger partial charge in [0.2, 0.25) is 0 Å². The van der Waals surface area contributed by atoms with Gasteiger partial charge in [0.1, 0.15) is 31.0 Å². The SMILES string of the molecule is CC/C=C/C/C=C/C/C=C/C/C=C/C/C=C/CCCC(=O)O[C@@H](COC(=O)CCC/C=C/CCCCCCCCCCCCCCCCCCCC)CO[C@H]1O[C@@H](CO)[C@@H](O)C(O)C1O. The molecule has 0 aliphatic carbocycles. The third-order valence-corrected chi connectivity index (χ3v) is 11.6. The van der Waals surface area contributed by atoms with Crippen LogP contribution in [0.5, 0.6) is 0 Å². The lowest BCUT2D eigenvalue weighted by Gasteiger charge is -2.39. The van der Waals surface area contributed by atoms with Gasteiger partial charge in [-0.3, -0.25) is 9.59 Å². The van der Waals surface area contributed by atoms with Crippen molar-refractivity contribution in [3.8, 4) is 0 Å². The van der Waals surface area contributed by atoms with Gasteiger partial charge < -0.3 is 39.4 Å². The normalized spacial score (nSPS) is 19.9. The molecule has 0 aromatic rings. The number of carbonyl (C=O) groups is 2. The molecule has 65 heavy (non-hydrogen) atoms. The molecule has 4 N–H and O–H groups in total. The lowest BCUT2D eigenvalue weighted by molar-refractivity contribution is -0.305. The second-order valence-electron chi connectivity index (χ2n) is 17.6. The molecule has 1 fully saturated rings. The summed E-state index contributed by atoms with van der Waals surface area (Å²) in [6.07, 6.45) is 50.8. The predicted octanol–water partition coefficient (Wildman–Crippen LogP) is 12.3. The topological polar surface area (TPSA) is 152 Å². The number of aliphatic hydroxyl groups is 4. The molecule has 1 heterocycles. The summed E-state index contributed by atoms with van der Waals surface area (Å²) >= 11 is 0. The van der Waals surface area contributed by atoms with Gasteiger partial charge >= 0.3 is 11.9 Å². The second kappa shape index (κ2) is 44.9. The van der Waals surface area contributed by atoms with Gasteiger partial charge in [0.05, 0.1) is 13.2 Å². The van der Waals surface area contributed by atoms with E-state index in [0.29, 0.717) is 19.3 Å². The largest absolute Gasteiger partial charge is 0.462 e.